The maximum Gasteiger partial charge on any atom is 0.112 e. The lowest BCUT2D eigenvalue weighted by atomic mass is 10.0. The van der Waals surface area contributed by atoms with E-state index in [0.29, 0.717) is 11.6 Å². The number of hydrogen-bond donors (Lipinski definition) is 0. The molecule has 1 aromatic rings. The van der Waals surface area contributed by atoms with Gasteiger partial charge in [-0.25, -0.2) is 4.98 Å². The zero-order valence-corrected chi connectivity index (χ0v) is 7.54. The van der Waals surface area contributed by atoms with Crippen molar-refractivity contribution in [3.63, 3.8) is 0 Å². The van der Waals surface area contributed by atoms with Crippen molar-refractivity contribution >= 4 is 0 Å². The van der Waals surface area contributed by atoms with Gasteiger partial charge >= 0.3 is 0 Å². The standard InChI is InChI=1S/C11H13N/c1-4-9(3)10-6-7-11(5-2)12-8-10/h2,6-9H,4H2,1,3H3. The second-order valence-electron chi connectivity index (χ2n) is 2.93. The highest BCUT2D eigenvalue weighted by Gasteiger charge is 2.01. The summed E-state index contributed by atoms with van der Waals surface area (Å²) in [7, 11) is 0. The van der Waals surface area contributed by atoms with Gasteiger partial charge in [-0.1, -0.05) is 25.8 Å². The summed E-state index contributed by atoms with van der Waals surface area (Å²) in [6.07, 6.45) is 8.20. The van der Waals surface area contributed by atoms with E-state index in [4.69, 9.17) is 6.42 Å². The molecule has 1 unspecified atom stereocenters. The zero-order chi connectivity index (χ0) is 8.97. The monoisotopic (exact) mass is 159 g/mol. The number of pyridine rings is 1. The minimum Gasteiger partial charge on any atom is -0.248 e. The molecule has 12 heavy (non-hydrogen) atoms. The van der Waals surface area contributed by atoms with Crippen LogP contribution in [-0.4, -0.2) is 4.98 Å². The van der Waals surface area contributed by atoms with Crippen LogP contribution in [0.25, 0.3) is 0 Å². The van der Waals surface area contributed by atoms with Gasteiger partial charge in [-0.3, -0.25) is 0 Å². The van der Waals surface area contributed by atoms with Gasteiger partial charge in [0.2, 0.25) is 0 Å². The number of terminal acetylenes is 1. The first-order chi connectivity index (χ1) is 5.77. The van der Waals surface area contributed by atoms with Crippen LogP contribution in [-0.2, 0) is 0 Å². The van der Waals surface area contributed by atoms with Crippen molar-refractivity contribution in [2.75, 3.05) is 0 Å². The van der Waals surface area contributed by atoms with Crippen LogP contribution in [0, 0.1) is 12.3 Å². The molecule has 62 valence electrons. The third kappa shape index (κ3) is 1.85. The molecule has 0 aliphatic carbocycles. The van der Waals surface area contributed by atoms with E-state index >= 15 is 0 Å². The highest BCUT2D eigenvalue weighted by molar-refractivity contribution is 5.27. The van der Waals surface area contributed by atoms with E-state index in [1.54, 1.807) is 0 Å². The molecular formula is C11H13N. The summed E-state index contributed by atoms with van der Waals surface area (Å²) in [5, 5.41) is 0. The molecule has 0 fully saturated rings. The van der Waals surface area contributed by atoms with Crippen LogP contribution in [0.1, 0.15) is 37.4 Å². The van der Waals surface area contributed by atoms with Gasteiger partial charge in [0, 0.05) is 6.20 Å². The predicted octanol–water partition coefficient (Wildman–Crippen LogP) is 2.58. The van der Waals surface area contributed by atoms with E-state index in [0.717, 1.165) is 6.42 Å². The van der Waals surface area contributed by atoms with Gasteiger partial charge in [0.15, 0.2) is 0 Å². The van der Waals surface area contributed by atoms with Crippen LogP contribution in [0.4, 0.5) is 0 Å². The van der Waals surface area contributed by atoms with Crippen molar-refractivity contribution in [2.24, 2.45) is 0 Å². The maximum absolute atomic E-state index is 5.20. The third-order valence-electron chi connectivity index (χ3n) is 2.12. The second-order valence-corrected chi connectivity index (χ2v) is 2.93. The molecule has 0 saturated carbocycles. The molecule has 1 heterocycles. The van der Waals surface area contributed by atoms with E-state index in [-0.39, 0.29) is 0 Å². The Morgan fingerprint density at radius 1 is 1.58 bits per heavy atom. The molecular weight excluding hydrogens is 146 g/mol. The molecule has 0 bridgehead atoms. The van der Waals surface area contributed by atoms with Crippen molar-refractivity contribution in [2.45, 2.75) is 26.2 Å². The molecule has 1 rings (SSSR count). The summed E-state index contributed by atoms with van der Waals surface area (Å²) in [6, 6.07) is 3.94. The number of hydrogen-bond acceptors (Lipinski definition) is 1. The first kappa shape index (κ1) is 8.80. The average molecular weight is 159 g/mol. The molecule has 0 N–H and O–H groups in total. The molecule has 0 aliphatic heterocycles. The Balaban J connectivity index is 2.86. The number of nitrogens with zero attached hydrogens (tertiary/aromatic N) is 1. The van der Waals surface area contributed by atoms with Crippen LogP contribution >= 0.6 is 0 Å². The van der Waals surface area contributed by atoms with Crippen molar-refractivity contribution in [1.29, 1.82) is 0 Å². The maximum atomic E-state index is 5.20. The van der Waals surface area contributed by atoms with Crippen molar-refractivity contribution in [1.82, 2.24) is 4.98 Å². The summed E-state index contributed by atoms with van der Waals surface area (Å²) in [6.45, 7) is 4.35. The van der Waals surface area contributed by atoms with Crippen molar-refractivity contribution in [3.8, 4) is 12.3 Å². The summed E-state index contributed by atoms with van der Waals surface area (Å²) >= 11 is 0. The Kier molecular flexibility index (Phi) is 2.88. The molecule has 1 nitrogen and oxygen atoms in total. The van der Waals surface area contributed by atoms with E-state index in [1.807, 2.05) is 12.3 Å². The van der Waals surface area contributed by atoms with E-state index in [1.165, 1.54) is 5.56 Å². The van der Waals surface area contributed by atoms with Gasteiger partial charge in [0.1, 0.15) is 5.69 Å². The lowest BCUT2D eigenvalue weighted by Crippen LogP contribution is -1.92. The number of aromatic nitrogens is 1. The fourth-order valence-electron chi connectivity index (χ4n) is 1.02. The smallest absolute Gasteiger partial charge is 0.112 e. The van der Waals surface area contributed by atoms with Crippen LogP contribution < -0.4 is 0 Å². The molecule has 1 aromatic heterocycles. The molecule has 0 spiro atoms. The molecule has 1 atom stereocenters. The van der Waals surface area contributed by atoms with E-state index in [9.17, 15) is 0 Å². The molecule has 0 aliphatic rings. The number of rotatable bonds is 2. The average Bonchev–Trinajstić information content (AvgIpc) is 2.17. The summed E-state index contributed by atoms with van der Waals surface area (Å²) in [5.74, 6) is 3.07. The first-order valence-corrected chi connectivity index (χ1v) is 4.20. The van der Waals surface area contributed by atoms with Crippen molar-refractivity contribution < 1.29 is 0 Å². The second kappa shape index (κ2) is 3.92. The Labute approximate surface area is 73.8 Å². The Hall–Kier alpha value is -1.29. The van der Waals surface area contributed by atoms with Gasteiger partial charge in [-0.2, -0.15) is 0 Å². The van der Waals surface area contributed by atoms with E-state index in [2.05, 4.69) is 30.8 Å². The fourth-order valence-corrected chi connectivity index (χ4v) is 1.02. The zero-order valence-electron chi connectivity index (χ0n) is 7.54. The van der Waals surface area contributed by atoms with Crippen LogP contribution in [0.2, 0.25) is 0 Å². The molecule has 0 saturated heterocycles. The summed E-state index contributed by atoms with van der Waals surface area (Å²) < 4.78 is 0. The highest BCUT2D eigenvalue weighted by Crippen LogP contribution is 2.16. The van der Waals surface area contributed by atoms with Gasteiger partial charge in [0.25, 0.3) is 0 Å². The van der Waals surface area contributed by atoms with E-state index < -0.39 is 0 Å². The van der Waals surface area contributed by atoms with Crippen LogP contribution in [0.3, 0.4) is 0 Å². The van der Waals surface area contributed by atoms with Gasteiger partial charge in [-0.15, -0.1) is 6.42 Å². The van der Waals surface area contributed by atoms with Gasteiger partial charge < -0.3 is 0 Å². The molecule has 0 amide bonds. The minimum absolute atomic E-state index is 0.573. The summed E-state index contributed by atoms with van der Waals surface area (Å²) in [4.78, 5) is 4.13. The first-order valence-electron chi connectivity index (χ1n) is 4.20. The summed E-state index contributed by atoms with van der Waals surface area (Å²) in [5.41, 5.74) is 1.97. The fraction of sp³-hybridized carbons (Fsp3) is 0.364. The lowest BCUT2D eigenvalue weighted by molar-refractivity contribution is 0.729. The normalized spacial score (nSPS) is 12.1. The predicted molar refractivity (Wildman–Crippen MR) is 50.9 cm³/mol. The molecule has 0 radical (unpaired) electrons. The SMILES string of the molecule is C#Cc1ccc(C(C)CC)cn1. The van der Waals surface area contributed by atoms with Crippen LogP contribution in [0.5, 0.6) is 0 Å². The Morgan fingerprint density at radius 2 is 2.33 bits per heavy atom. The lowest BCUT2D eigenvalue weighted by Gasteiger charge is -2.07. The topological polar surface area (TPSA) is 12.9 Å². The Bertz CT molecular complexity index is 279. The third-order valence-corrected chi connectivity index (χ3v) is 2.12. The quantitative estimate of drug-likeness (QED) is 0.604. The minimum atomic E-state index is 0.573. The van der Waals surface area contributed by atoms with Gasteiger partial charge in [0.05, 0.1) is 0 Å². The Morgan fingerprint density at radius 3 is 2.75 bits per heavy atom. The van der Waals surface area contributed by atoms with Crippen LogP contribution in [0.15, 0.2) is 18.3 Å². The molecule has 1 heteroatoms. The van der Waals surface area contributed by atoms with Crippen molar-refractivity contribution in [3.05, 3.63) is 29.6 Å². The van der Waals surface area contributed by atoms with Gasteiger partial charge in [-0.05, 0) is 24.0 Å². The molecule has 0 aromatic carbocycles. The largest absolute Gasteiger partial charge is 0.248 e. The highest BCUT2D eigenvalue weighted by atomic mass is 14.7.